The highest BCUT2D eigenvalue weighted by Gasteiger charge is 2.14. The van der Waals surface area contributed by atoms with E-state index in [4.69, 9.17) is 5.11 Å². The summed E-state index contributed by atoms with van der Waals surface area (Å²) >= 11 is 0. The van der Waals surface area contributed by atoms with Crippen molar-refractivity contribution in [1.29, 1.82) is 0 Å². The Morgan fingerprint density at radius 2 is 1.94 bits per heavy atom. The Morgan fingerprint density at radius 3 is 2.47 bits per heavy atom. The van der Waals surface area contributed by atoms with Crippen LogP contribution in [0.4, 0.5) is 4.39 Å². The van der Waals surface area contributed by atoms with Gasteiger partial charge in [0.25, 0.3) is 0 Å². The van der Waals surface area contributed by atoms with Crippen molar-refractivity contribution in [2.75, 3.05) is 13.2 Å². The van der Waals surface area contributed by atoms with Gasteiger partial charge in [0.15, 0.2) is 0 Å². The van der Waals surface area contributed by atoms with Gasteiger partial charge in [-0.15, -0.1) is 0 Å². The van der Waals surface area contributed by atoms with E-state index in [2.05, 4.69) is 4.72 Å². The molecule has 0 aliphatic rings. The fraction of sp³-hybridized carbons (Fsp3) is 0.455. The molecule has 1 rings (SSSR count). The van der Waals surface area contributed by atoms with Crippen LogP contribution in [0.25, 0.3) is 0 Å². The van der Waals surface area contributed by atoms with Gasteiger partial charge < -0.3 is 5.11 Å². The van der Waals surface area contributed by atoms with E-state index in [-0.39, 0.29) is 24.0 Å². The molecule has 6 heteroatoms. The quantitative estimate of drug-likeness (QED) is 0.806. The molecule has 0 radical (unpaired) electrons. The number of hydrogen-bond donors (Lipinski definition) is 2. The van der Waals surface area contributed by atoms with E-state index < -0.39 is 15.8 Å². The van der Waals surface area contributed by atoms with Gasteiger partial charge >= 0.3 is 0 Å². The van der Waals surface area contributed by atoms with Crippen LogP contribution in [0.15, 0.2) is 29.2 Å². The van der Waals surface area contributed by atoms with E-state index in [9.17, 15) is 12.8 Å². The SMILES string of the molecule is CC(CCO)CNS(=O)(=O)c1ccc(F)cc1. The van der Waals surface area contributed by atoms with Gasteiger partial charge in [0.05, 0.1) is 4.90 Å². The summed E-state index contributed by atoms with van der Waals surface area (Å²) in [5.41, 5.74) is 0. The fourth-order valence-corrected chi connectivity index (χ4v) is 2.44. The van der Waals surface area contributed by atoms with Crippen LogP contribution in [0.2, 0.25) is 0 Å². The van der Waals surface area contributed by atoms with Crippen molar-refractivity contribution >= 4 is 10.0 Å². The first-order chi connectivity index (χ1) is 7.95. The zero-order valence-corrected chi connectivity index (χ0v) is 10.4. The van der Waals surface area contributed by atoms with E-state index in [0.29, 0.717) is 6.42 Å². The maximum atomic E-state index is 12.6. The monoisotopic (exact) mass is 261 g/mol. The average molecular weight is 261 g/mol. The summed E-state index contributed by atoms with van der Waals surface area (Å²) < 4.78 is 38.6. The normalized spacial score (nSPS) is 13.6. The Kier molecular flexibility index (Phi) is 5.04. The van der Waals surface area contributed by atoms with Crippen LogP contribution in [0.5, 0.6) is 0 Å². The Bertz CT molecular complexity index is 444. The first kappa shape index (κ1) is 14.1. The highest BCUT2D eigenvalue weighted by atomic mass is 32.2. The lowest BCUT2D eigenvalue weighted by Crippen LogP contribution is -2.28. The Morgan fingerprint density at radius 1 is 1.35 bits per heavy atom. The molecular weight excluding hydrogens is 245 g/mol. The Labute approximate surface area is 101 Å². The molecule has 0 heterocycles. The maximum Gasteiger partial charge on any atom is 0.240 e. The summed E-state index contributed by atoms with van der Waals surface area (Å²) in [5.74, 6) is -0.423. The van der Waals surface area contributed by atoms with E-state index >= 15 is 0 Å². The van der Waals surface area contributed by atoms with Crippen LogP contribution in [0.1, 0.15) is 13.3 Å². The molecule has 0 aromatic heterocycles. The zero-order chi connectivity index (χ0) is 12.9. The van der Waals surface area contributed by atoms with Gasteiger partial charge in [-0.1, -0.05) is 6.92 Å². The summed E-state index contributed by atoms with van der Waals surface area (Å²) in [5, 5.41) is 8.69. The van der Waals surface area contributed by atoms with Crippen molar-refractivity contribution in [3.8, 4) is 0 Å². The highest BCUT2D eigenvalue weighted by Crippen LogP contribution is 2.10. The molecule has 0 bridgehead atoms. The molecule has 0 fully saturated rings. The second-order valence-corrected chi connectivity index (χ2v) is 5.69. The number of nitrogens with one attached hydrogen (secondary N) is 1. The number of benzene rings is 1. The zero-order valence-electron chi connectivity index (χ0n) is 9.56. The predicted molar refractivity (Wildman–Crippen MR) is 62.5 cm³/mol. The van der Waals surface area contributed by atoms with Crippen LogP contribution in [0.3, 0.4) is 0 Å². The molecule has 0 saturated heterocycles. The molecule has 0 saturated carbocycles. The summed E-state index contributed by atoms with van der Waals surface area (Å²) in [7, 11) is -3.59. The van der Waals surface area contributed by atoms with Crippen molar-refractivity contribution in [2.24, 2.45) is 5.92 Å². The average Bonchev–Trinajstić information content (AvgIpc) is 2.28. The molecule has 1 aromatic carbocycles. The maximum absolute atomic E-state index is 12.6. The van der Waals surface area contributed by atoms with Crippen LogP contribution in [-0.4, -0.2) is 26.7 Å². The first-order valence-electron chi connectivity index (χ1n) is 5.32. The lowest BCUT2D eigenvalue weighted by molar-refractivity contribution is 0.263. The predicted octanol–water partition coefficient (Wildman–Crippen LogP) is 1.12. The second-order valence-electron chi connectivity index (χ2n) is 3.92. The first-order valence-corrected chi connectivity index (χ1v) is 6.80. The van der Waals surface area contributed by atoms with Gasteiger partial charge in [0.1, 0.15) is 5.82 Å². The molecule has 1 atom stereocenters. The Hall–Kier alpha value is -0.980. The van der Waals surface area contributed by atoms with Crippen LogP contribution in [-0.2, 0) is 10.0 Å². The fourth-order valence-electron chi connectivity index (χ4n) is 1.27. The van der Waals surface area contributed by atoms with Crippen LogP contribution in [0, 0.1) is 11.7 Å². The minimum absolute atomic E-state index is 0.0272. The summed E-state index contributed by atoms with van der Waals surface area (Å²) in [6, 6.07) is 4.64. The molecule has 0 aliphatic carbocycles. The molecule has 4 nitrogen and oxygen atoms in total. The third-order valence-corrected chi connectivity index (χ3v) is 3.81. The molecule has 0 amide bonds. The molecule has 17 heavy (non-hydrogen) atoms. The summed E-state index contributed by atoms with van der Waals surface area (Å²) in [4.78, 5) is 0.0371. The third kappa shape index (κ3) is 4.41. The molecular formula is C11H16FNO3S. The molecule has 96 valence electrons. The lowest BCUT2D eigenvalue weighted by atomic mass is 10.1. The van der Waals surface area contributed by atoms with Crippen molar-refractivity contribution < 1.29 is 17.9 Å². The third-order valence-electron chi connectivity index (χ3n) is 2.37. The van der Waals surface area contributed by atoms with Crippen molar-refractivity contribution in [2.45, 2.75) is 18.2 Å². The molecule has 2 N–H and O–H groups in total. The number of halogens is 1. The van der Waals surface area contributed by atoms with Crippen molar-refractivity contribution in [3.63, 3.8) is 0 Å². The number of hydrogen-bond acceptors (Lipinski definition) is 3. The number of aliphatic hydroxyl groups excluding tert-OH is 1. The van der Waals surface area contributed by atoms with Gasteiger partial charge in [-0.3, -0.25) is 0 Å². The smallest absolute Gasteiger partial charge is 0.240 e. The van der Waals surface area contributed by atoms with Crippen LogP contribution >= 0.6 is 0 Å². The van der Waals surface area contributed by atoms with Crippen molar-refractivity contribution in [3.05, 3.63) is 30.1 Å². The van der Waals surface area contributed by atoms with E-state index in [1.165, 1.54) is 12.1 Å². The standard InChI is InChI=1S/C11H16FNO3S/c1-9(6-7-14)8-13-17(15,16)11-4-2-10(12)3-5-11/h2-5,9,13-14H,6-8H2,1H3. The van der Waals surface area contributed by atoms with Crippen molar-refractivity contribution in [1.82, 2.24) is 4.72 Å². The minimum Gasteiger partial charge on any atom is -0.396 e. The largest absolute Gasteiger partial charge is 0.396 e. The number of aliphatic hydroxyl groups is 1. The van der Waals surface area contributed by atoms with Gasteiger partial charge in [-0.05, 0) is 36.6 Å². The molecule has 0 aliphatic heterocycles. The van der Waals surface area contributed by atoms with E-state index in [0.717, 1.165) is 12.1 Å². The van der Waals surface area contributed by atoms with Crippen LogP contribution < -0.4 is 4.72 Å². The Balaban J connectivity index is 2.66. The van der Waals surface area contributed by atoms with Gasteiger partial charge in [-0.25, -0.2) is 17.5 Å². The highest BCUT2D eigenvalue weighted by molar-refractivity contribution is 7.89. The second kappa shape index (κ2) is 6.09. The minimum atomic E-state index is -3.59. The van der Waals surface area contributed by atoms with Gasteiger partial charge in [0.2, 0.25) is 10.0 Å². The number of rotatable bonds is 6. The van der Waals surface area contributed by atoms with Gasteiger partial charge in [0, 0.05) is 13.2 Å². The molecule has 1 unspecified atom stereocenters. The topological polar surface area (TPSA) is 66.4 Å². The summed E-state index contributed by atoms with van der Waals surface area (Å²) in [6.45, 7) is 2.11. The summed E-state index contributed by atoms with van der Waals surface area (Å²) in [6.07, 6.45) is 0.534. The molecule has 0 spiro atoms. The van der Waals surface area contributed by atoms with Gasteiger partial charge in [-0.2, -0.15) is 0 Å². The number of sulfonamides is 1. The molecule has 1 aromatic rings. The van der Waals surface area contributed by atoms with E-state index in [1.54, 1.807) is 0 Å². The van der Waals surface area contributed by atoms with E-state index in [1.807, 2.05) is 6.92 Å². The lowest BCUT2D eigenvalue weighted by Gasteiger charge is -2.11.